The van der Waals surface area contributed by atoms with E-state index in [1.165, 1.54) is 14.2 Å². The van der Waals surface area contributed by atoms with E-state index in [9.17, 15) is 14.4 Å². The highest BCUT2D eigenvalue weighted by Gasteiger charge is 2.22. The summed E-state index contributed by atoms with van der Waals surface area (Å²) in [6.07, 6.45) is 0. The zero-order valence-electron chi connectivity index (χ0n) is 11.6. The Labute approximate surface area is 112 Å². The predicted molar refractivity (Wildman–Crippen MR) is 67.7 cm³/mol. The minimum absolute atomic E-state index is 0.0239. The Hall–Kier alpha value is -1.83. The Kier molecular flexibility index (Phi) is 7.50. The fraction of sp³-hybridized carbons (Fsp3) is 0.727. The largest absolute Gasteiger partial charge is 0.480 e. The van der Waals surface area contributed by atoms with E-state index in [2.05, 4.69) is 15.4 Å². The molecule has 0 rings (SSSR count). The third kappa shape index (κ3) is 7.24. The molecule has 0 heterocycles. The van der Waals surface area contributed by atoms with Crippen LogP contribution < -0.4 is 10.6 Å². The number of ether oxygens (including phenoxy) is 1. The van der Waals surface area contributed by atoms with E-state index < -0.39 is 18.0 Å². The average molecular weight is 275 g/mol. The van der Waals surface area contributed by atoms with Crippen molar-refractivity contribution in [1.29, 1.82) is 0 Å². The van der Waals surface area contributed by atoms with Crippen LogP contribution in [0.2, 0.25) is 0 Å². The van der Waals surface area contributed by atoms with E-state index in [0.717, 1.165) is 4.90 Å². The lowest BCUT2D eigenvalue weighted by Crippen LogP contribution is -2.51. The molecule has 0 aromatic carbocycles. The van der Waals surface area contributed by atoms with Gasteiger partial charge in [0.05, 0.1) is 6.61 Å². The lowest BCUT2D eigenvalue weighted by atomic mass is 10.3. The number of carbonyl (C=O) groups excluding carboxylic acids is 2. The van der Waals surface area contributed by atoms with E-state index in [4.69, 9.17) is 5.11 Å². The molecule has 110 valence electrons. The summed E-state index contributed by atoms with van der Waals surface area (Å²) in [6, 6.07) is -1.82. The molecule has 3 N–H and O–H groups in total. The molecule has 0 aromatic rings. The zero-order valence-corrected chi connectivity index (χ0v) is 11.6. The van der Waals surface area contributed by atoms with Crippen molar-refractivity contribution in [3.63, 3.8) is 0 Å². The standard InChI is InChI=1S/C11H21N3O5/c1-7(2)12-9(15)5-14(3)11(18)13-8(6-19-4)10(16)17/h7-8H,5-6H2,1-4H3,(H,12,15)(H,13,18)(H,16,17). The van der Waals surface area contributed by atoms with Crippen LogP contribution in [-0.2, 0) is 14.3 Å². The van der Waals surface area contributed by atoms with Gasteiger partial charge >= 0.3 is 12.0 Å². The molecule has 0 saturated carbocycles. The minimum Gasteiger partial charge on any atom is -0.480 e. The molecule has 1 atom stereocenters. The predicted octanol–water partition coefficient (Wildman–Crippen LogP) is -0.748. The van der Waals surface area contributed by atoms with Gasteiger partial charge in [-0.2, -0.15) is 0 Å². The maximum Gasteiger partial charge on any atom is 0.328 e. The molecule has 0 bridgehead atoms. The van der Waals surface area contributed by atoms with E-state index >= 15 is 0 Å². The molecule has 0 saturated heterocycles. The van der Waals surface area contributed by atoms with Gasteiger partial charge in [-0.1, -0.05) is 0 Å². The number of nitrogens with one attached hydrogen (secondary N) is 2. The monoisotopic (exact) mass is 275 g/mol. The minimum atomic E-state index is -1.20. The van der Waals surface area contributed by atoms with Crippen molar-refractivity contribution in [3.8, 4) is 0 Å². The van der Waals surface area contributed by atoms with Gasteiger partial charge in [-0.25, -0.2) is 9.59 Å². The van der Waals surface area contributed by atoms with Gasteiger partial charge in [-0.05, 0) is 13.8 Å². The van der Waals surface area contributed by atoms with Gasteiger partial charge in [0.25, 0.3) is 0 Å². The molecule has 0 aromatic heterocycles. The van der Waals surface area contributed by atoms with Crippen molar-refractivity contribution in [2.45, 2.75) is 25.9 Å². The van der Waals surface area contributed by atoms with Crippen molar-refractivity contribution in [3.05, 3.63) is 0 Å². The number of nitrogens with zero attached hydrogens (tertiary/aromatic N) is 1. The molecule has 19 heavy (non-hydrogen) atoms. The number of rotatable bonds is 7. The number of aliphatic carboxylic acids is 1. The summed E-state index contributed by atoms with van der Waals surface area (Å²) in [4.78, 5) is 35.0. The Balaban J connectivity index is 4.32. The Morgan fingerprint density at radius 2 is 1.84 bits per heavy atom. The molecule has 0 aliphatic carbocycles. The quantitative estimate of drug-likeness (QED) is 0.566. The second-order valence-corrected chi connectivity index (χ2v) is 4.37. The molecule has 8 heteroatoms. The van der Waals surface area contributed by atoms with Crippen molar-refractivity contribution >= 4 is 17.9 Å². The van der Waals surface area contributed by atoms with Gasteiger partial charge in [-0.15, -0.1) is 0 Å². The fourth-order valence-corrected chi connectivity index (χ4v) is 1.26. The van der Waals surface area contributed by atoms with Crippen molar-refractivity contribution < 1.29 is 24.2 Å². The van der Waals surface area contributed by atoms with Crippen LogP contribution in [-0.4, -0.2) is 67.3 Å². The summed E-state index contributed by atoms with van der Waals surface area (Å²) >= 11 is 0. The van der Waals surface area contributed by atoms with E-state index in [0.29, 0.717) is 0 Å². The highest BCUT2D eigenvalue weighted by atomic mass is 16.5. The van der Waals surface area contributed by atoms with Crippen LogP contribution >= 0.6 is 0 Å². The van der Waals surface area contributed by atoms with Crippen LogP contribution in [0.4, 0.5) is 4.79 Å². The van der Waals surface area contributed by atoms with E-state index in [1.54, 1.807) is 13.8 Å². The summed E-state index contributed by atoms with van der Waals surface area (Å²) in [6.45, 7) is 3.31. The molecular formula is C11H21N3O5. The lowest BCUT2D eigenvalue weighted by molar-refractivity contribution is -0.140. The highest BCUT2D eigenvalue weighted by Crippen LogP contribution is 1.91. The number of carboxylic acids is 1. The first kappa shape index (κ1) is 17.2. The summed E-state index contributed by atoms with van der Waals surface area (Å²) < 4.78 is 4.69. The SMILES string of the molecule is COCC(NC(=O)N(C)CC(=O)NC(C)C)C(=O)O. The van der Waals surface area contributed by atoms with Gasteiger partial charge in [0.2, 0.25) is 5.91 Å². The zero-order chi connectivity index (χ0) is 15.0. The van der Waals surface area contributed by atoms with Crippen LogP contribution in [0.25, 0.3) is 0 Å². The Morgan fingerprint density at radius 1 is 1.26 bits per heavy atom. The number of carbonyl (C=O) groups is 3. The lowest BCUT2D eigenvalue weighted by Gasteiger charge is -2.21. The van der Waals surface area contributed by atoms with E-state index in [1.807, 2.05) is 0 Å². The molecular weight excluding hydrogens is 254 g/mol. The first-order chi connectivity index (χ1) is 8.77. The maximum absolute atomic E-state index is 11.7. The number of likely N-dealkylation sites (N-methyl/N-ethyl adjacent to an activating group) is 1. The number of hydrogen-bond donors (Lipinski definition) is 3. The Morgan fingerprint density at radius 3 is 2.26 bits per heavy atom. The number of carboxylic acid groups (broad SMARTS) is 1. The normalized spacial score (nSPS) is 11.8. The second kappa shape index (κ2) is 8.30. The number of methoxy groups -OCH3 is 1. The van der Waals surface area contributed by atoms with E-state index in [-0.39, 0.29) is 25.1 Å². The number of amides is 3. The Bertz CT molecular complexity index is 332. The topological polar surface area (TPSA) is 108 Å². The summed E-state index contributed by atoms with van der Waals surface area (Å²) in [5.74, 6) is -1.51. The summed E-state index contributed by atoms with van der Waals surface area (Å²) in [5, 5.41) is 13.7. The fourth-order valence-electron chi connectivity index (χ4n) is 1.26. The molecule has 8 nitrogen and oxygen atoms in total. The third-order valence-corrected chi connectivity index (χ3v) is 2.11. The number of urea groups is 1. The van der Waals surface area contributed by atoms with Crippen LogP contribution in [0, 0.1) is 0 Å². The van der Waals surface area contributed by atoms with Crippen molar-refractivity contribution in [2.75, 3.05) is 27.3 Å². The van der Waals surface area contributed by atoms with Crippen LogP contribution in [0.5, 0.6) is 0 Å². The number of hydrogen-bond acceptors (Lipinski definition) is 4. The summed E-state index contributed by atoms with van der Waals surface area (Å²) in [5.41, 5.74) is 0. The maximum atomic E-state index is 11.7. The molecule has 0 aliphatic rings. The average Bonchev–Trinajstić information content (AvgIpc) is 2.26. The molecule has 0 radical (unpaired) electrons. The van der Waals surface area contributed by atoms with Crippen LogP contribution in [0.1, 0.15) is 13.8 Å². The van der Waals surface area contributed by atoms with Gasteiger partial charge in [0, 0.05) is 20.2 Å². The van der Waals surface area contributed by atoms with Crippen molar-refractivity contribution in [1.82, 2.24) is 15.5 Å². The van der Waals surface area contributed by atoms with Gasteiger partial charge in [0.1, 0.15) is 6.54 Å². The van der Waals surface area contributed by atoms with Crippen molar-refractivity contribution in [2.24, 2.45) is 0 Å². The molecule has 0 fully saturated rings. The highest BCUT2D eigenvalue weighted by molar-refractivity contribution is 5.86. The molecule has 1 unspecified atom stereocenters. The first-order valence-electron chi connectivity index (χ1n) is 5.80. The molecule has 0 spiro atoms. The second-order valence-electron chi connectivity index (χ2n) is 4.37. The molecule has 0 aliphatic heterocycles. The molecule has 3 amide bonds. The van der Waals surface area contributed by atoms with Crippen LogP contribution in [0.15, 0.2) is 0 Å². The van der Waals surface area contributed by atoms with Gasteiger partial charge < -0.3 is 25.4 Å². The third-order valence-electron chi connectivity index (χ3n) is 2.11. The van der Waals surface area contributed by atoms with Gasteiger partial charge in [-0.3, -0.25) is 4.79 Å². The van der Waals surface area contributed by atoms with Crippen LogP contribution in [0.3, 0.4) is 0 Å². The first-order valence-corrected chi connectivity index (χ1v) is 5.80. The summed E-state index contributed by atoms with van der Waals surface area (Å²) in [7, 11) is 2.74. The van der Waals surface area contributed by atoms with Gasteiger partial charge in [0.15, 0.2) is 6.04 Å². The smallest absolute Gasteiger partial charge is 0.328 e.